The highest BCUT2D eigenvalue weighted by Gasteiger charge is 2.46. The van der Waals surface area contributed by atoms with E-state index in [1.54, 1.807) is 7.11 Å². The summed E-state index contributed by atoms with van der Waals surface area (Å²) in [6.07, 6.45) is 4.29. The molecule has 3 atom stereocenters. The van der Waals surface area contributed by atoms with Gasteiger partial charge in [0.2, 0.25) is 0 Å². The predicted molar refractivity (Wildman–Crippen MR) is 37.8 cm³/mol. The highest BCUT2D eigenvalue weighted by Crippen LogP contribution is 2.36. The quantitative estimate of drug-likeness (QED) is 0.402. The van der Waals surface area contributed by atoms with Gasteiger partial charge in [-0.05, 0) is 13.3 Å². The fourth-order valence-electron chi connectivity index (χ4n) is 1.57. The van der Waals surface area contributed by atoms with Crippen molar-refractivity contribution in [1.29, 1.82) is 0 Å². The number of hydrogen-bond donors (Lipinski definition) is 0. The van der Waals surface area contributed by atoms with Crippen molar-refractivity contribution in [2.24, 2.45) is 0 Å². The topological polar surface area (TPSA) is 21.8 Å². The van der Waals surface area contributed by atoms with Crippen molar-refractivity contribution in [3.63, 3.8) is 0 Å². The molecule has 1 aliphatic carbocycles. The maximum absolute atomic E-state index is 5.35. The number of hydrogen-bond acceptors (Lipinski definition) is 2. The largest absolute Gasteiger partial charge is 0.378 e. The van der Waals surface area contributed by atoms with Crippen molar-refractivity contribution in [1.82, 2.24) is 0 Å². The normalized spacial score (nSPS) is 44.2. The average Bonchev–Trinajstić information content (AvgIpc) is 2.64. The van der Waals surface area contributed by atoms with Crippen LogP contribution in [0, 0.1) is 0 Å². The Hall–Kier alpha value is -0.340. The van der Waals surface area contributed by atoms with Gasteiger partial charge in [0.1, 0.15) is 12.2 Å². The Kier molecular flexibility index (Phi) is 1.32. The molecule has 1 fully saturated rings. The molecule has 0 unspecified atom stereocenters. The van der Waals surface area contributed by atoms with E-state index in [2.05, 4.69) is 13.0 Å². The zero-order valence-corrected chi connectivity index (χ0v) is 6.33. The zero-order valence-electron chi connectivity index (χ0n) is 6.33. The average molecular weight is 140 g/mol. The first-order valence-electron chi connectivity index (χ1n) is 3.67. The van der Waals surface area contributed by atoms with Gasteiger partial charge in [-0.3, -0.25) is 0 Å². The highest BCUT2D eigenvalue weighted by molar-refractivity contribution is 5.18. The minimum absolute atomic E-state index is 0.315. The fraction of sp³-hybridized carbons (Fsp3) is 0.750. The molecular weight excluding hydrogens is 128 g/mol. The molecule has 0 bridgehead atoms. The third-order valence-electron chi connectivity index (χ3n) is 2.20. The van der Waals surface area contributed by atoms with E-state index >= 15 is 0 Å². The molecule has 0 N–H and O–H groups in total. The molecule has 1 saturated heterocycles. The van der Waals surface area contributed by atoms with Crippen LogP contribution >= 0.6 is 0 Å². The molecule has 10 heavy (non-hydrogen) atoms. The van der Waals surface area contributed by atoms with Crippen molar-refractivity contribution in [3.8, 4) is 0 Å². The molecular formula is C8H12O2. The van der Waals surface area contributed by atoms with Crippen LogP contribution in [0.2, 0.25) is 0 Å². The maximum atomic E-state index is 5.35. The summed E-state index contributed by atoms with van der Waals surface area (Å²) in [5.41, 5.74) is 1.39. The van der Waals surface area contributed by atoms with Crippen LogP contribution in [-0.2, 0) is 9.47 Å². The lowest BCUT2D eigenvalue weighted by Crippen LogP contribution is -2.22. The second kappa shape index (κ2) is 2.07. The van der Waals surface area contributed by atoms with Crippen molar-refractivity contribution >= 4 is 0 Å². The van der Waals surface area contributed by atoms with Crippen LogP contribution in [0.4, 0.5) is 0 Å². The number of fused-ring (bicyclic) bond motifs is 1. The summed E-state index contributed by atoms with van der Waals surface area (Å²) >= 11 is 0. The molecule has 0 spiro atoms. The summed E-state index contributed by atoms with van der Waals surface area (Å²) in [6.45, 7) is 2.13. The third kappa shape index (κ3) is 0.879. The van der Waals surface area contributed by atoms with Gasteiger partial charge in [0.05, 0.1) is 6.10 Å². The summed E-state index contributed by atoms with van der Waals surface area (Å²) in [5, 5.41) is 0. The molecule has 0 aromatic carbocycles. The van der Waals surface area contributed by atoms with Gasteiger partial charge in [-0.25, -0.2) is 0 Å². The molecule has 2 rings (SSSR count). The lowest BCUT2D eigenvalue weighted by atomic mass is 9.98. The molecule has 0 saturated carbocycles. The van der Waals surface area contributed by atoms with E-state index in [-0.39, 0.29) is 0 Å². The fourth-order valence-corrected chi connectivity index (χ4v) is 1.57. The van der Waals surface area contributed by atoms with Gasteiger partial charge in [-0.2, -0.15) is 0 Å². The van der Waals surface area contributed by atoms with Crippen LogP contribution < -0.4 is 0 Å². The molecule has 2 nitrogen and oxygen atoms in total. The van der Waals surface area contributed by atoms with Crippen molar-refractivity contribution < 1.29 is 9.47 Å². The van der Waals surface area contributed by atoms with Gasteiger partial charge in [0, 0.05) is 7.11 Å². The zero-order chi connectivity index (χ0) is 7.14. The molecule has 1 heterocycles. The van der Waals surface area contributed by atoms with Crippen LogP contribution in [0.15, 0.2) is 11.6 Å². The van der Waals surface area contributed by atoms with Gasteiger partial charge in [-0.1, -0.05) is 11.6 Å². The predicted octanol–water partition coefficient (Wildman–Crippen LogP) is 1.12. The van der Waals surface area contributed by atoms with Gasteiger partial charge < -0.3 is 9.47 Å². The highest BCUT2D eigenvalue weighted by atomic mass is 16.6. The standard InChI is InChI=1S/C8H12O2/c1-5-3-6(9-2)8-7(4-5)10-8/h4,6-8H,3H2,1-2H3/t6-,7+,8-/m1/s1. The maximum Gasteiger partial charge on any atom is 0.115 e. The number of rotatable bonds is 1. The van der Waals surface area contributed by atoms with Crippen LogP contribution in [0.3, 0.4) is 0 Å². The smallest absolute Gasteiger partial charge is 0.115 e. The molecule has 2 heteroatoms. The van der Waals surface area contributed by atoms with Gasteiger partial charge in [0.25, 0.3) is 0 Å². The second-order valence-corrected chi connectivity index (χ2v) is 3.06. The number of epoxide rings is 1. The minimum Gasteiger partial charge on any atom is -0.378 e. The third-order valence-corrected chi connectivity index (χ3v) is 2.20. The Labute approximate surface area is 60.8 Å². The molecule has 0 amide bonds. The molecule has 0 aromatic rings. The number of ether oxygens (including phenoxy) is 2. The summed E-state index contributed by atoms with van der Waals surface area (Å²) in [7, 11) is 1.75. The Bertz CT molecular complexity index is 174. The Morgan fingerprint density at radius 2 is 2.50 bits per heavy atom. The van der Waals surface area contributed by atoms with Crippen LogP contribution in [0.5, 0.6) is 0 Å². The first-order chi connectivity index (χ1) is 4.81. The summed E-state index contributed by atoms with van der Waals surface area (Å²) in [4.78, 5) is 0. The summed E-state index contributed by atoms with van der Waals surface area (Å²) < 4.78 is 10.6. The van der Waals surface area contributed by atoms with Crippen LogP contribution in [0.1, 0.15) is 13.3 Å². The molecule has 56 valence electrons. The van der Waals surface area contributed by atoms with Crippen molar-refractivity contribution in [2.75, 3.05) is 7.11 Å². The minimum atomic E-state index is 0.315. The summed E-state index contributed by atoms with van der Waals surface area (Å²) in [6, 6.07) is 0. The number of methoxy groups -OCH3 is 1. The first-order valence-corrected chi connectivity index (χ1v) is 3.67. The van der Waals surface area contributed by atoms with Crippen molar-refractivity contribution in [2.45, 2.75) is 31.7 Å². The monoisotopic (exact) mass is 140 g/mol. The van der Waals surface area contributed by atoms with Gasteiger partial charge in [0.15, 0.2) is 0 Å². The van der Waals surface area contributed by atoms with E-state index in [9.17, 15) is 0 Å². The summed E-state index contributed by atoms with van der Waals surface area (Å²) in [5.74, 6) is 0. The SMILES string of the molecule is CO[C@@H]1CC(C)=C[C@@H]2O[C@@H]21. The second-order valence-electron chi connectivity index (χ2n) is 3.06. The Balaban J connectivity index is 2.09. The van der Waals surface area contributed by atoms with Crippen LogP contribution in [0.25, 0.3) is 0 Å². The molecule has 1 aliphatic heterocycles. The van der Waals surface area contributed by atoms with E-state index in [1.165, 1.54) is 5.57 Å². The van der Waals surface area contributed by atoms with Gasteiger partial charge in [-0.15, -0.1) is 0 Å². The van der Waals surface area contributed by atoms with E-state index in [1.807, 2.05) is 0 Å². The Morgan fingerprint density at radius 3 is 3.20 bits per heavy atom. The molecule has 2 aliphatic rings. The molecule has 0 radical (unpaired) electrons. The lowest BCUT2D eigenvalue weighted by molar-refractivity contribution is 0.0764. The van der Waals surface area contributed by atoms with E-state index in [0.29, 0.717) is 18.3 Å². The van der Waals surface area contributed by atoms with Gasteiger partial charge >= 0.3 is 0 Å². The molecule has 0 aromatic heterocycles. The first kappa shape index (κ1) is 6.38. The van der Waals surface area contributed by atoms with E-state index in [4.69, 9.17) is 9.47 Å². The van der Waals surface area contributed by atoms with Crippen LogP contribution in [-0.4, -0.2) is 25.4 Å². The van der Waals surface area contributed by atoms with E-state index < -0.39 is 0 Å². The van der Waals surface area contributed by atoms with E-state index in [0.717, 1.165) is 6.42 Å². The lowest BCUT2D eigenvalue weighted by Gasteiger charge is -2.15. The Morgan fingerprint density at radius 1 is 1.70 bits per heavy atom. The van der Waals surface area contributed by atoms with Crippen molar-refractivity contribution in [3.05, 3.63) is 11.6 Å².